The molecule has 1 fully saturated rings. The molecule has 0 spiro atoms. The van der Waals surface area contributed by atoms with Crippen LogP contribution in [0.2, 0.25) is 0 Å². The Morgan fingerprint density at radius 3 is 2.69 bits per heavy atom. The number of fused-ring (bicyclic) bond motifs is 2. The fourth-order valence-electron chi connectivity index (χ4n) is 4.76. The molecule has 9 nitrogen and oxygen atoms in total. The van der Waals surface area contributed by atoms with Crippen LogP contribution >= 0.6 is 11.8 Å². The number of hydrogen-bond acceptors (Lipinski definition) is 9. The number of para-hydroxylation sites is 1. The summed E-state index contributed by atoms with van der Waals surface area (Å²) >= 11 is 1.53. The summed E-state index contributed by atoms with van der Waals surface area (Å²) in [5.41, 5.74) is 6.27. The first-order valence-corrected chi connectivity index (χ1v) is 13.6. The van der Waals surface area contributed by atoms with E-state index in [1.807, 2.05) is 65.5 Å². The summed E-state index contributed by atoms with van der Waals surface area (Å²) in [6, 6.07) is 18.3. The van der Waals surface area contributed by atoms with Crippen LogP contribution in [0, 0.1) is 0 Å². The summed E-state index contributed by atoms with van der Waals surface area (Å²) in [6.45, 7) is 3.02. The SMILES string of the molecule is C1=NN=C(Sc2ccc(-c3c(/C=C/c4ccc5ccccc5n4)nc4c(N5CCOCC5)ccnn34)cn2)C1. The third-order valence-corrected chi connectivity index (χ3v) is 7.59. The van der Waals surface area contributed by atoms with Gasteiger partial charge in [0.1, 0.15) is 15.8 Å². The van der Waals surface area contributed by atoms with Gasteiger partial charge < -0.3 is 9.64 Å². The number of hydrogen-bond donors (Lipinski definition) is 0. The Kier molecular flexibility index (Phi) is 6.31. The second kappa shape index (κ2) is 10.4. The average molecular weight is 533 g/mol. The van der Waals surface area contributed by atoms with Crippen LogP contribution < -0.4 is 4.90 Å². The first-order valence-electron chi connectivity index (χ1n) is 12.8. The summed E-state index contributed by atoms with van der Waals surface area (Å²) in [4.78, 5) is 16.9. The second-order valence-electron chi connectivity index (χ2n) is 9.14. The Bertz CT molecular complexity index is 1750. The van der Waals surface area contributed by atoms with Crippen molar-refractivity contribution in [2.75, 3.05) is 31.2 Å². The molecule has 2 aliphatic rings. The number of rotatable bonds is 5. The predicted molar refractivity (Wildman–Crippen MR) is 156 cm³/mol. The van der Waals surface area contributed by atoms with E-state index in [-0.39, 0.29) is 0 Å². The third kappa shape index (κ3) is 4.80. The summed E-state index contributed by atoms with van der Waals surface area (Å²) in [5.74, 6) is 0. The minimum absolute atomic E-state index is 0.696. The molecule has 2 aliphatic heterocycles. The van der Waals surface area contributed by atoms with Crippen molar-refractivity contribution in [3.8, 4) is 11.3 Å². The van der Waals surface area contributed by atoms with Gasteiger partial charge >= 0.3 is 0 Å². The minimum atomic E-state index is 0.696. The molecule has 192 valence electrons. The lowest BCUT2D eigenvalue weighted by Crippen LogP contribution is -2.36. The van der Waals surface area contributed by atoms with Crippen LogP contribution in [0.3, 0.4) is 0 Å². The van der Waals surface area contributed by atoms with Gasteiger partial charge in [-0.1, -0.05) is 36.0 Å². The molecule has 0 amide bonds. The Labute approximate surface area is 229 Å². The quantitative estimate of drug-likeness (QED) is 0.306. The van der Waals surface area contributed by atoms with Gasteiger partial charge in [0.15, 0.2) is 5.65 Å². The molecule has 0 radical (unpaired) electrons. The number of pyridine rings is 2. The second-order valence-corrected chi connectivity index (χ2v) is 10.2. The van der Waals surface area contributed by atoms with Gasteiger partial charge in [0.25, 0.3) is 0 Å². The lowest BCUT2D eigenvalue weighted by atomic mass is 10.1. The van der Waals surface area contributed by atoms with Crippen LogP contribution in [0.15, 0.2) is 82.2 Å². The van der Waals surface area contributed by atoms with Crippen molar-refractivity contribution < 1.29 is 4.74 Å². The number of thioether (sulfide) groups is 1. The molecule has 1 saturated heterocycles. The van der Waals surface area contributed by atoms with Crippen molar-refractivity contribution in [3.05, 3.63) is 78.4 Å². The van der Waals surface area contributed by atoms with Gasteiger partial charge in [-0.05, 0) is 42.5 Å². The van der Waals surface area contributed by atoms with E-state index in [4.69, 9.17) is 24.8 Å². The van der Waals surface area contributed by atoms with Crippen molar-refractivity contribution >= 4 is 57.4 Å². The zero-order valence-electron chi connectivity index (χ0n) is 21.0. The van der Waals surface area contributed by atoms with E-state index in [1.54, 1.807) is 6.21 Å². The van der Waals surface area contributed by atoms with Gasteiger partial charge in [-0.2, -0.15) is 10.2 Å². The Morgan fingerprint density at radius 1 is 0.923 bits per heavy atom. The van der Waals surface area contributed by atoms with Gasteiger partial charge in [0.05, 0.1) is 42.0 Å². The van der Waals surface area contributed by atoms with E-state index in [1.165, 1.54) is 11.8 Å². The van der Waals surface area contributed by atoms with Gasteiger partial charge in [-0.25, -0.2) is 19.5 Å². The van der Waals surface area contributed by atoms with Gasteiger partial charge in [0, 0.05) is 42.9 Å². The number of benzene rings is 1. The van der Waals surface area contributed by atoms with Crippen molar-refractivity contribution in [1.82, 2.24) is 24.6 Å². The van der Waals surface area contributed by atoms with Crippen LogP contribution in [0.4, 0.5) is 5.69 Å². The maximum absolute atomic E-state index is 5.58. The van der Waals surface area contributed by atoms with Gasteiger partial charge in [-0.15, -0.1) is 5.10 Å². The zero-order chi connectivity index (χ0) is 26.0. The fraction of sp³-hybridized carbons (Fsp3) is 0.172. The van der Waals surface area contributed by atoms with E-state index in [0.29, 0.717) is 13.2 Å². The molecule has 10 heteroatoms. The number of anilines is 1. The minimum Gasteiger partial charge on any atom is -0.378 e. The van der Waals surface area contributed by atoms with Gasteiger partial charge in [0.2, 0.25) is 0 Å². The van der Waals surface area contributed by atoms with E-state index < -0.39 is 0 Å². The summed E-state index contributed by atoms with van der Waals surface area (Å²) in [7, 11) is 0. The normalized spacial score (nSPS) is 15.6. The smallest absolute Gasteiger partial charge is 0.178 e. The zero-order valence-corrected chi connectivity index (χ0v) is 21.8. The highest BCUT2D eigenvalue weighted by Gasteiger charge is 2.21. The Morgan fingerprint density at radius 2 is 1.85 bits per heavy atom. The molecule has 0 aliphatic carbocycles. The first kappa shape index (κ1) is 23.7. The monoisotopic (exact) mass is 532 g/mol. The number of morpholine rings is 1. The Hall–Kier alpha value is -4.41. The van der Waals surface area contributed by atoms with Crippen molar-refractivity contribution in [1.29, 1.82) is 0 Å². The average Bonchev–Trinajstić information content (AvgIpc) is 3.64. The first-order chi connectivity index (χ1) is 19.3. The lowest BCUT2D eigenvalue weighted by molar-refractivity contribution is 0.123. The van der Waals surface area contributed by atoms with E-state index in [2.05, 4.69) is 33.3 Å². The van der Waals surface area contributed by atoms with Crippen molar-refractivity contribution in [3.63, 3.8) is 0 Å². The summed E-state index contributed by atoms with van der Waals surface area (Å²) in [6.07, 6.45) is 10.3. The fourth-order valence-corrected chi connectivity index (χ4v) is 5.49. The third-order valence-electron chi connectivity index (χ3n) is 6.66. The lowest BCUT2D eigenvalue weighted by Gasteiger charge is -2.28. The molecule has 6 heterocycles. The van der Waals surface area contributed by atoms with E-state index >= 15 is 0 Å². The molecule has 0 saturated carbocycles. The van der Waals surface area contributed by atoms with E-state index in [0.717, 1.165) is 74.5 Å². The molecule has 0 N–H and O–H groups in total. The molecule has 7 rings (SSSR count). The molecule has 0 atom stereocenters. The number of ether oxygens (including phenoxy) is 1. The molecular formula is C29H24N8OS. The molecule has 4 aromatic heterocycles. The van der Waals surface area contributed by atoms with Crippen molar-refractivity contribution in [2.24, 2.45) is 10.2 Å². The maximum Gasteiger partial charge on any atom is 0.178 e. The van der Waals surface area contributed by atoms with Crippen LogP contribution in [0.1, 0.15) is 17.8 Å². The van der Waals surface area contributed by atoms with Gasteiger partial charge in [-0.3, -0.25) is 0 Å². The number of nitrogens with zero attached hydrogens (tertiary/aromatic N) is 8. The van der Waals surface area contributed by atoms with Crippen LogP contribution in [-0.2, 0) is 4.74 Å². The molecule has 39 heavy (non-hydrogen) atoms. The molecule has 5 aromatic rings. The highest BCUT2D eigenvalue weighted by Crippen LogP contribution is 2.31. The predicted octanol–water partition coefficient (Wildman–Crippen LogP) is 5.23. The number of imidazole rings is 1. The van der Waals surface area contributed by atoms with Crippen LogP contribution in [0.5, 0.6) is 0 Å². The van der Waals surface area contributed by atoms with E-state index in [9.17, 15) is 0 Å². The topological polar surface area (TPSA) is 93.2 Å². The largest absolute Gasteiger partial charge is 0.378 e. The molecule has 1 aromatic carbocycles. The highest BCUT2D eigenvalue weighted by molar-refractivity contribution is 8.14. The summed E-state index contributed by atoms with van der Waals surface area (Å²) < 4.78 is 7.49. The van der Waals surface area contributed by atoms with Crippen LogP contribution in [0.25, 0.3) is 40.0 Å². The number of aromatic nitrogens is 5. The Balaban J connectivity index is 1.30. The standard InChI is InChI=1S/C29H24N8OS/c1-2-4-23-20(3-1)5-7-22(33-23)8-9-24-28(21-6-10-26(30-19-21)39-27-12-13-31-35-27)37-29(34-24)25(11-14-32-37)36-15-17-38-18-16-36/h1-11,13-14,19H,12,15-18H2/b9-8+. The van der Waals surface area contributed by atoms with Crippen molar-refractivity contribution in [2.45, 2.75) is 11.4 Å². The molecular weight excluding hydrogens is 508 g/mol. The molecule has 0 bridgehead atoms. The highest BCUT2D eigenvalue weighted by atomic mass is 32.2. The maximum atomic E-state index is 5.58. The van der Waals surface area contributed by atoms with Crippen LogP contribution in [-0.4, -0.2) is 62.1 Å². The summed E-state index contributed by atoms with van der Waals surface area (Å²) in [5, 5.41) is 15.7. The molecule has 0 unspecified atom stereocenters.